The summed E-state index contributed by atoms with van der Waals surface area (Å²) in [6.45, 7) is 0. The summed E-state index contributed by atoms with van der Waals surface area (Å²) in [4.78, 5) is 2.21. The topological polar surface area (TPSA) is 20.2 Å². The van der Waals surface area contributed by atoms with Crippen LogP contribution in [0.2, 0.25) is 0 Å². The first-order valence-corrected chi connectivity index (χ1v) is 7.54. The van der Waals surface area contributed by atoms with E-state index in [-0.39, 0.29) is 0 Å². The molecule has 2 aromatic rings. The molecule has 2 rings (SSSR count). The normalized spacial score (nSPS) is 10.4. The minimum atomic E-state index is 0.359. The van der Waals surface area contributed by atoms with Crippen LogP contribution in [0.4, 0.5) is 0 Å². The minimum absolute atomic E-state index is 0.359. The van der Waals surface area contributed by atoms with Gasteiger partial charge in [-0.1, -0.05) is 24.3 Å². The van der Waals surface area contributed by atoms with Gasteiger partial charge in [-0.05, 0) is 36.1 Å². The van der Waals surface area contributed by atoms with E-state index >= 15 is 0 Å². The molecule has 0 aliphatic heterocycles. The molecule has 2 aromatic carbocycles. The number of rotatable bonds is 4. The lowest BCUT2D eigenvalue weighted by Gasteiger charge is -2.04. The first kappa shape index (κ1) is 12.4. The van der Waals surface area contributed by atoms with Gasteiger partial charge in [0.1, 0.15) is 5.75 Å². The van der Waals surface area contributed by atoms with E-state index in [0.29, 0.717) is 5.75 Å². The first-order chi connectivity index (χ1) is 8.29. The molecule has 0 bridgehead atoms. The number of benzene rings is 2. The Kier molecular flexibility index (Phi) is 4.40. The van der Waals surface area contributed by atoms with Gasteiger partial charge in [-0.2, -0.15) is 0 Å². The number of para-hydroxylation sites is 1. The molecule has 17 heavy (non-hydrogen) atoms. The molecule has 0 heterocycles. The van der Waals surface area contributed by atoms with E-state index in [9.17, 15) is 5.11 Å². The zero-order valence-corrected chi connectivity index (χ0v) is 11.2. The second kappa shape index (κ2) is 6.03. The van der Waals surface area contributed by atoms with Crippen molar-refractivity contribution in [2.24, 2.45) is 0 Å². The van der Waals surface area contributed by atoms with Gasteiger partial charge in [0.05, 0.1) is 0 Å². The SMILES string of the molecule is CSc1ccc(CSc2ccccc2O)cc1. The number of phenols is 1. The molecule has 0 radical (unpaired) electrons. The largest absolute Gasteiger partial charge is 0.507 e. The smallest absolute Gasteiger partial charge is 0.129 e. The highest BCUT2D eigenvalue weighted by Crippen LogP contribution is 2.30. The van der Waals surface area contributed by atoms with E-state index in [0.717, 1.165) is 10.6 Å². The van der Waals surface area contributed by atoms with Gasteiger partial charge in [0.15, 0.2) is 0 Å². The van der Waals surface area contributed by atoms with E-state index in [1.807, 2.05) is 18.2 Å². The summed E-state index contributed by atoms with van der Waals surface area (Å²) in [5.74, 6) is 1.24. The van der Waals surface area contributed by atoms with Crippen LogP contribution in [0, 0.1) is 0 Å². The van der Waals surface area contributed by atoms with Crippen molar-refractivity contribution >= 4 is 23.5 Å². The highest BCUT2D eigenvalue weighted by Gasteiger charge is 2.01. The van der Waals surface area contributed by atoms with Gasteiger partial charge in [0.25, 0.3) is 0 Å². The average Bonchev–Trinajstić information content (AvgIpc) is 2.38. The van der Waals surface area contributed by atoms with Crippen LogP contribution in [-0.4, -0.2) is 11.4 Å². The molecule has 0 saturated carbocycles. The molecule has 0 unspecified atom stereocenters. The molecule has 3 heteroatoms. The van der Waals surface area contributed by atoms with Crippen LogP contribution in [0.15, 0.2) is 58.3 Å². The van der Waals surface area contributed by atoms with Crippen molar-refractivity contribution in [2.75, 3.05) is 6.26 Å². The highest BCUT2D eigenvalue weighted by molar-refractivity contribution is 7.98. The summed E-state index contributed by atoms with van der Waals surface area (Å²) in [5, 5.41) is 9.65. The number of thioether (sulfide) groups is 2. The summed E-state index contributed by atoms with van der Waals surface area (Å²) in [6.07, 6.45) is 2.08. The van der Waals surface area contributed by atoms with E-state index in [1.54, 1.807) is 29.6 Å². The standard InChI is InChI=1S/C14H14OS2/c1-16-12-8-6-11(7-9-12)10-17-14-5-3-2-4-13(14)15/h2-9,15H,10H2,1H3. The molecule has 0 aromatic heterocycles. The predicted octanol–water partition coefficient (Wildman–Crippen LogP) is 4.41. The molecule has 0 aliphatic carbocycles. The summed E-state index contributed by atoms with van der Waals surface area (Å²) in [7, 11) is 0. The molecule has 0 fully saturated rings. The molecule has 0 aliphatic rings. The number of hydrogen-bond acceptors (Lipinski definition) is 3. The van der Waals surface area contributed by atoms with Crippen LogP contribution < -0.4 is 0 Å². The zero-order chi connectivity index (χ0) is 12.1. The van der Waals surface area contributed by atoms with Gasteiger partial charge in [-0.25, -0.2) is 0 Å². The van der Waals surface area contributed by atoms with Crippen molar-refractivity contribution in [1.82, 2.24) is 0 Å². The van der Waals surface area contributed by atoms with E-state index in [2.05, 4.69) is 30.5 Å². The van der Waals surface area contributed by atoms with Crippen molar-refractivity contribution < 1.29 is 5.11 Å². The molecule has 0 saturated heterocycles. The van der Waals surface area contributed by atoms with Gasteiger partial charge in [-0.15, -0.1) is 23.5 Å². The average molecular weight is 262 g/mol. The Morgan fingerprint density at radius 2 is 1.71 bits per heavy atom. The third-order valence-corrected chi connectivity index (χ3v) is 4.30. The molecule has 88 valence electrons. The molecular formula is C14H14OS2. The Hall–Kier alpha value is -1.06. The maximum Gasteiger partial charge on any atom is 0.129 e. The lowest BCUT2D eigenvalue weighted by molar-refractivity contribution is 0.462. The highest BCUT2D eigenvalue weighted by atomic mass is 32.2. The van der Waals surface area contributed by atoms with Gasteiger partial charge < -0.3 is 5.11 Å². The lowest BCUT2D eigenvalue weighted by Crippen LogP contribution is -1.81. The number of hydrogen-bond donors (Lipinski definition) is 1. The van der Waals surface area contributed by atoms with E-state index in [4.69, 9.17) is 0 Å². The Morgan fingerprint density at radius 3 is 2.35 bits per heavy atom. The van der Waals surface area contributed by atoms with Crippen molar-refractivity contribution in [3.05, 3.63) is 54.1 Å². The Balaban J connectivity index is 2.00. The number of aromatic hydroxyl groups is 1. The third-order valence-electron chi connectivity index (χ3n) is 2.42. The quantitative estimate of drug-likeness (QED) is 0.824. The van der Waals surface area contributed by atoms with Gasteiger partial charge in [0.2, 0.25) is 0 Å². The first-order valence-electron chi connectivity index (χ1n) is 5.33. The van der Waals surface area contributed by atoms with Crippen molar-refractivity contribution in [3.8, 4) is 5.75 Å². The monoisotopic (exact) mass is 262 g/mol. The summed E-state index contributed by atoms with van der Waals surface area (Å²) >= 11 is 3.40. The maximum atomic E-state index is 9.65. The van der Waals surface area contributed by atoms with Crippen LogP contribution in [0.25, 0.3) is 0 Å². The molecule has 0 atom stereocenters. The van der Waals surface area contributed by atoms with Crippen molar-refractivity contribution in [3.63, 3.8) is 0 Å². The number of phenolic OH excluding ortho intramolecular Hbond substituents is 1. The van der Waals surface area contributed by atoms with Crippen molar-refractivity contribution in [2.45, 2.75) is 15.5 Å². The molecule has 0 amide bonds. The summed E-state index contributed by atoms with van der Waals surface area (Å²) in [6, 6.07) is 16.0. The van der Waals surface area contributed by atoms with E-state index in [1.165, 1.54) is 10.5 Å². The Bertz CT molecular complexity index is 480. The van der Waals surface area contributed by atoms with E-state index < -0.39 is 0 Å². The van der Waals surface area contributed by atoms with Crippen LogP contribution in [-0.2, 0) is 5.75 Å². The molecular weight excluding hydrogens is 248 g/mol. The zero-order valence-electron chi connectivity index (χ0n) is 9.59. The summed E-state index contributed by atoms with van der Waals surface area (Å²) < 4.78 is 0. The minimum Gasteiger partial charge on any atom is -0.507 e. The van der Waals surface area contributed by atoms with Crippen LogP contribution in [0.1, 0.15) is 5.56 Å². The van der Waals surface area contributed by atoms with Gasteiger partial charge >= 0.3 is 0 Å². The molecule has 1 nitrogen and oxygen atoms in total. The predicted molar refractivity (Wildman–Crippen MR) is 75.9 cm³/mol. The van der Waals surface area contributed by atoms with Crippen LogP contribution in [0.5, 0.6) is 5.75 Å². The second-order valence-corrected chi connectivity index (χ2v) is 5.50. The Labute approximate surface area is 110 Å². The molecule has 1 N–H and O–H groups in total. The third kappa shape index (κ3) is 3.45. The summed E-state index contributed by atoms with van der Waals surface area (Å²) in [5.41, 5.74) is 1.27. The van der Waals surface area contributed by atoms with Gasteiger partial charge in [-0.3, -0.25) is 0 Å². The molecule has 0 spiro atoms. The fraction of sp³-hybridized carbons (Fsp3) is 0.143. The van der Waals surface area contributed by atoms with Crippen LogP contribution >= 0.6 is 23.5 Å². The fourth-order valence-electron chi connectivity index (χ4n) is 1.46. The van der Waals surface area contributed by atoms with Crippen LogP contribution in [0.3, 0.4) is 0 Å². The fourth-order valence-corrected chi connectivity index (χ4v) is 2.78. The maximum absolute atomic E-state index is 9.65. The van der Waals surface area contributed by atoms with Crippen molar-refractivity contribution in [1.29, 1.82) is 0 Å². The lowest BCUT2D eigenvalue weighted by atomic mass is 10.2. The second-order valence-electron chi connectivity index (χ2n) is 3.60. The van der Waals surface area contributed by atoms with Gasteiger partial charge in [0, 0.05) is 15.5 Å². The Morgan fingerprint density at radius 1 is 1.00 bits per heavy atom.